The molecule has 1 saturated carbocycles. The van der Waals surface area contributed by atoms with Gasteiger partial charge in [0.2, 0.25) is 0 Å². The van der Waals surface area contributed by atoms with Crippen molar-refractivity contribution in [1.82, 2.24) is 15.2 Å². The summed E-state index contributed by atoms with van der Waals surface area (Å²) in [7, 11) is -0.492. The second kappa shape index (κ2) is 7.42. The summed E-state index contributed by atoms with van der Waals surface area (Å²) in [6.07, 6.45) is 5.28. The first-order valence-electron chi connectivity index (χ1n) is 10.2. The zero-order valence-corrected chi connectivity index (χ0v) is 17.1. The number of carbonyl (C=O) groups excluding carboxylic acids is 1. The second-order valence-corrected chi connectivity index (χ2v) is 8.58. The molecule has 152 valence electrons. The van der Waals surface area contributed by atoms with Gasteiger partial charge in [0.25, 0.3) is 0 Å². The quantitative estimate of drug-likeness (QED) is 0.684. The number of hydrogen-bond donors (Lipinski definition) is 3. The van der Waals surface area contributed by atoms with Gasteiger partial charge in [0.05, 0.1) is 17.2 Å². The number of hydrogen-bond acceptors (Lipinski definition) is 7. The van der Waals surface area contributed by atoms with E-state index in [0.29, 0.717) is 34.4 Å². The third-order valence-electron chi connectivity index (χ3n) is 6.01. The Morgan fingerprint density at radius 1 is 1.21 bits per heavy atom. The number of Topliss-reactive ketones (excluding diaryl/α,β-unsaturated/α-hetero) is 1. The highest BCUT2D eigenvalue weighted by Gasteiger charge is 2.41. The largest absolute Gasteiger partial charge is 0.490 e. The maximum Gasteiger partial charge on any atom is 0.373 e. The molecule has 0 unspecified atom stereocenters. The Morgan fingerprint density at radius 3 is 2.62 bits per heavy atom. The lowest BCUT2D eigenvalue weighted by molar-refractivity contribution is 0.0905. The van der Waals surface area contributed by atoms with Gasteiger partial charge in [-0.25, -0.2) is 9.97 Å². The molecule has 2 aliphatic rings. The highest BCUT2D eigenvalue weighted by Crippen LogP contribution is 2.44. The maximum absolute atomic E-state index is 13.2. The third kappa shape index (κ3) is 3.62. The number of ketones is 1. The van der Waals surface area contributed by atoms with Gasteiger partial charge in [0.15, 0.2) is 5.78 Å². The summed E-state index contributed by atoms with van der Waals surface area (Å²) in [6, 6.07) is 5.94. The minimum atomic E-state index is -0.795. The first-order chi connectivity index (χ1) is 13.8. The van der Waals surface area contributed by atoms with Crippen molar-refractivity contribution in [3.63, 3.8) is 0 Å². The number of rotatable bonds is 4. The molecule has 0 bridgehead atoms. The fourth-order valence-corrected chi connectivity index (χ4v) is 4.54. The van der Waals surface area contributed by atoms with Gasteiger partial charge in [-0.05, 0) is 70.6 Å². The molecule has 2 aromatic rings. The molecule has 0 radical (unpaired) electrons. The Hall–Kier alpha value is -2.45. The van der Waals surface area contributed by atoms with Gasteiger partial charge in [-0.15, -0.1) is 0 Å². The van der Waals surface area contributed by atoms with E-state index in [2.05, 4.69) is 15.2 Å². The van der Waals surface area contributed by atoms with Crippen LogP contribution in [0.25, 0.3) is 11.3 Å². The molecular formula is C21H27BN4O3. The lowest BCUT2D eigenvalue weighted by Crippen LogP contribution is -2.43. The van der Waals surface area contributed by atoms with Gasteiger partial charge in [-0.1, -0.05) is 0 Å². The molecule has 0 saturated heterocycles. The summed E-state index contributed by atoms with van der Waals surface area (Å²) >= 11 is 0. The number of ether oxygens (including phenoxy) is 1. The molecule has 29 heavy (non-hydrogen) atoms. The number of aromatic nitrogens is 2. The van der Waals surface area contributed by atoms with Crippen LogP contribution in [0.2, 0.25) is 6.82 Å². The number of nitrogen functional groups attached to an aromatic ring is 1. The Morgan fingerprint density at radius 2 is 1.93 bits per heavy atom. The lowest BCUT2D eigenvalue weighted by atomic mass is 9.71. The molecule has 1 heterocycles. The minimum Gasteiger partial charge on any atom is -0.490 e. The third-order valence-corrected chi connectivity index (χ3v) is 6.01. The molecule has 2 aliphatic carbocycles. The number of benzene rings is 1. The number of anilines is 1. The SMILES string of the molecule is CB(O)NC1CCC(Oc2ccc3c(c2)C(=O)C(C)(C)c2c(N)ncnc2-3)CC1. The molecule has 0 spiro atoms. The Labute approximate surface area is 171 Å². The van der Waals surface area contributed by atoms with Crippen LogP contribution in [-0.2, 0) is 5.41 Å². The molecule has 7 nitrogen and oxygen atoms in total. The summed E-state index contributed by atoms with van der Waals surface area (Å²) in [6.45, 7) is 5.46. The fraction of sp³-hybridized carbons (Fsp3) is 0.476. The molecular weight excluding hydrogens is 367 g/mol. The predicted octanol–water partition coefficient (Wildman–Crippen LogP) is 2.59. The summed E-state index contributed by atoms with van der Waals surface area (Å²) in [5, 5.41) is 12.6. The van der Waals surface area contributed by atoms with Crippen molar-refractivity contribution in [2.45, 2.75) is 63.9 Å². The van der Waals surface area contributed by atoms with Crippen LogP contribution in [0.3, 0.4) is 0 Å². The van der Waals surface area contributed by atoms with Crippen LogP contribution in [0.15, 0.2) is 24.5 Å². The lowest BCUT2D eigenvalue weighted by Gasteiger charge is -2.33. The standard InChI is InChI=1S/C21H27BN4O3/c1-21(2)17-18(24-11-25-20(17)23)15-9-8-14(10-16(15)19(21)27)29-13-6-4-12(5-7-13)26-22(3)28/h8-13,26,28H,4-7H2,1-3H3,(H2,23,24,25). The van der Waals surface area contributed by atoms with Crippen LogP contribution in [0.1, 0.15) is 55.5 Å². The molecule has 8 heteroatoms. The average Bonchev–Trinajstić information content (AvgIpc) is 2.67. The van der Waals surface area contributed by atoms with Gasteiger partial charge in [0, 0.05) is 16.7 Å². The monoisotopic (exact) mass is 394 g/mol. The highest BCUT2D eigenvalue weighted by atomic mass is 16.5. The minimum absolute atomic E-state index is 0.00297. The van der Waals surface area contributed by atoms with Crippen molar-refractivity contribution >= 4 is 18.7 Å². The first kappa shape index (κ1) is 19.9. The topological polar surface area (TPSA) is 110 Å². The summed E-state index contributed by atoms with van der Waals surface area (Å²) in [5.41, 5.74) is 8.08. The van der Waals surface area contributed by atoms with E-state index >= 15 is 0 Å². The molecule has 4 rings (SSSR count). The summed E-state index contributed by atoms with van der Waals surface area (Å²) < 4.78 is 6.20. The van der Waals surface area contributed by atoms with E-state index in [9.17, 15) is 9.82 Å². The number of nitrogens with zero attached hydrogens (tertiary/aromatic N) is 2. The van der Waals surface area contributed by atoms with Crippen molar-refractivity contribution in [2.24, 2.45) is 0 Å². The molecule has 1 fully saturated rings. The van der Waals surface area contributed by atoms with Crippen LogP contribution >= 0.6 is 0 Å². The van der Waals surface area contributed by atoms with Gasteiger partial charge < -0.3 is 20.7 Å². The van der Waals surface area contributed by atoms with Crippen LogP contribution < -0.4 is 15.7 Å². The van der Waals surface area contributed by atoms with E-state index in [4.69, 9.17) is 10.5 Å². The van der Waals surface area contributed by atoms with Crippen LogP contribution in [0.4, 0.5) is 5.82 Å². The molecule has 1 aromatic carbocycles. The summed E-state index contributed by atoms with van der Waals surface area (Å²) in [4.78, 5) is 21.7. The fourth-order valence-electron chi connectivity index (χ4n) is 4.54. The normalized spacial score (nSPS) is 22.6. The first-order valence-corrected chi connectivity index (χ1v) is 10.2. The van der Waals surface area contributed by atoms with Gasteiger partial charge >= 0.3 is 7.05 Å². The van der Waals surface area contributed by atoms with Crippen molar-refractivity contribution < 1.29 is 14.6 Å². The van der Waals surface area contributed by atoms with Crippen LogP contribution in [0, 0.1) is 0 Å². The van der Waals surface area contributed by atoms with E-state index in [1.165, 1.54) is 6.33 Å². The predicted molar refractivity (Wildman–Crippen MR) is 113 cm³/mol. The van der Waals surface area contributed by atoms with Crippen molar-refractivity contribution in [3.8, 4) is 17.0 Å². The van der Waals surface area contributed by atoms with E-state index in [-0.39, 0.29) is 11.9 Å². The second-order valence-electron chi connectivity index (χ2n) is 8.58. The number of carbonyl (C=O) groups is 1. The molecule has 0 aliphatic heterocycles. The van der Waals surface area contributed by atoms with Crippen molar-refractivity contribution in [3.05, 3.63) is 35.7 Å². The van der Waals surface area contributed by atoms with Crippen molar-refractivity contribution in [1.29, 1.82) is 0 Å². The van der Waals surface area contributed by atoms with E-state index in [1.807, 2.05) is 32.0 Å². The average molecular weight is 394 g/mol. The molecule has 0 atom stereocenters. The summed E-state index contributed by atoms with van der Waals surface area (Å²) in [5.74, 6) is 1.05. The molecule has 0 amide bonds. The van der Waals surface area contributed by atoms with Crippen LogP contribution in [0.5, 0.6) is 5.75 Å². The van der Waals surface area contributed by atoms with Gasteiger partial charge in [-0.3, -0.25) is 4.79 Å². The Bertz CT molecular complexity index is 940. The number of nitrogens with one attached hydrogen (secondary N) is 1. The van der Waals surface area contributed by atoms with Crippen molar-refractivity contribution in [2.75, 3.05) is 5.73 Å². The maximum atomic E-state index is 13.2. The number of fused-ring (bicyclic) bond motifs is 3. The van der Waals surface area contributed by atoms with E-state index < -0.39 is 12.5 Å². The Kier molecular flexibility index (Phi) is 5.08. The van der Waals surface area contributed by atoms with Gasteiger partial charge in [0.1, 0.15) is 17.9 Å². The van der Waals surface area contributed by atoms with Crippen LogP contribution in [-0.4, -0.2) is 40.0 Å². The zero-order chi connectivity index (χ0) is 20.8. The smallest absolute Gasteiger partial charge is 0.373 e. The van der Waals surface area contributed by atoms with E-state index in [1.54, 1.807) is 6.82 Å². The highest BCUT2D eigenvalue weighted by molar-refractivity contribution is 6.45. The Balaban J connectivity index is 1.57. The zero-order valence-electron chi connectivity index (χ0n) is 17.1. The molecule has 4 N–H and O–H groups in total. The number of nitrogens with two attached hydrogens (primary N) is 1. The van der Waals surface area contributed by atoms with E-state index in [0.717, 1.165) is 31.2 Å². The molecule has 1 aromatic heterocycles. The van der Waals surface area contributed by atoms with Gasteiger partial charge in [-0.2, -0.15) is 0 Å².